The minimum Gasteiger partial charge on any atom is -0.624 e. The Balaban J connectivity index is 2.28. The molecule has 0 saturated heterocycles. The summed E-state index contributed by atoms with van der Waals surface area (Å²) in [5.74, 6) is 0.0917. The lowest BCUT2D eigenvalue weighted by atomic mass is 9.96. The number of halogens is 3. The zero-order chi connectivity index (χ0) is 16.2. The number of benzene rings is 1. The fourth-order valence-electron chi connectivity index (χ4n) is 2.68. The number of alkyl halides is 3. The van der Waals surface area contributed by atoms with E-state index in [1.54, 1.807) is 6.92 Å². The van der Waals surface area contributed by atoms with Gasteiger partial charge in [0.05, 0.1) is 17.7 Å². The number of ether oxygens (including phenoxy) is 1. The number of hydroxylamine groups is 1. The van der Waals surface area contributed by atoms with Crippen LogP contribution in [0.1, 0.15) is 50.2 Å². The van der Waals surface area contributed by atoms with Crippen LogP contribution in [0.15, 0.2) is 18.2 Å². The van der Waals surface area contributed by atoms with E-state index in [0.717, 1.165) is 49.0 Å². The van der Waals surface area contributed by atoms with Gasteiger partial charge in [0.15, 0.2) is 12.3 Å². The highest BCUT2D eigenvalue weighted by molar-refractivity contribution is 5.80. The number of nitrogens with zero attached hydrogens (tertiary/aromatic N) is 1. The minimum absolute atomic E-state index is 0.0917. The predicted octanol–water partition coefficient (Wildman–Crippen LogP) is 4.37. The zero-order valence-electron chi connectivity index (χ0n) is 12.5. The van der Waals surface area contributed by atoms with Gasteiger partial charge < -0.3 is 9.94 Å². The van der Waals surface area contributed by atoms with Gasteiger partial charge in [-0.2, -0.15) is 13.2 Å². The van der Waals surface area contributed by atoms with E-state index in [2.05, 4.69) is 0 Å². The summed E-state index contributed by atoms with van der Waals surface area (Å²) in [7, 11) is 0. The van der Waals surface area contributed by atoms with Crippen LogP contribution in [-0.4, -0.2) is 23.6 Å². The Labute approximate surface area is 128 Å². The largest absolute Gasteiger partial charge is 0.624 e. The van der Waals surface area contributed by atoms with Crippen molar-refractivity contribution in [2.45, 2.75) is 51.2 Å². The Bertz CT molecular complexity index is 535. The quantitative estimate of drug-likeness (QED) is 0.358. The molecule has 0 N–H and O–H groups in total. The third-order valence-corrected chi connectivity index (χ3v) is 3.84. The fraction of sp³-hybridized carbons (Fsp3) is 0.562. The maximum Gasteiger partial charge on any atom is 0.416 e. The van der Waals surface area contributed by atoms with Gasteiger partial charge >= 0.3 is 6.18 Å². The van der Waals surface area contributed by atoms with Crippen LogP contribution in [0.2, 0.25) is 0 Å². The molecular formula is C16H20F3NO2. The maximum absolute atomic E-state index is 12.8. The lowest BCUT2D eigenvalue weighted by Gasteiger charge is -2.21. The Hall–Kier alpha value is -1.72. The van der Waals surface area contributed by atoms with Crippen molar-refractivity contribution in [3.05, 3.63) is 34.5 Å². The van der Waals surface area contributed by atoms with Gasteiger partial charge in [0.25, 0.3) is 0 Å². The molecule has 3 nitrogen and oxygen atoms in total. The average molecular weight is 315 g/mol. The van der Waals surface area contributed by atoms with Gasteiger partial charge in [-0.05, 0) is 38.0 Å². The molecule has 0 radical (unpaired) electrons. The van der Waals surface area contributed by atoms with E-state index in [-0.39, 0.29) is 18.4 Å². The first kappa shape index (κ1) is 16.6. The number of rotatable bonds is 4. The third kappa shape index (κ3) is 4.15. The van der Waals surface area contributed by atoms with Crippen LogP contribution in [0.4, 0.5) is 13.2 Å². The minimum atomic E-state index is -4.43. The van der Waals surface area contributed by atoms with E-state index in [0.29, 0.717) is 5.56 Å². The summed E-state index contributed by atoms with van der Waals surface area (Å²) in [6.45, 7) is 1.94. The molecule has 2 rings (SSSR count). The Morgan fingerprint density at radius 2 is 1.95 bits per heavy atom. The van der Waals surface area contributed by atoms with Crippen molar-refractivity contribution >= 4 is 6.21 Å². The first-order valence-corrected chi connectivity index (χ1v) is 7.56. The number of hydrogen-bond donors (Lipinski definition) is 0. The molecule has 1 fully saturated rings. The first-order valence-electron chi connectivity index (χ1n) is 7.56. The van der Waals surface area contributed by atoms with E-state index < -0.39 is 11.7 Å². The number of hydrogen-bond acceptors (Lipinski definition) is 2. The molecule has 1 aliphatic rings. The van der Waals surface area contributed by atoms with Crippen LogP contribution < -0.4 is 4.74 Å². The van der Waals surface area contributed by atoms with E-state index in [1.165, 1.54) is 12.3 Å². The molecule has 0 aliphatic heterocycles. The summed E-state index contributed by atoms with van der Waals surface area (Å²) in [4.78, 5) is 0. The third-order valence-electron chi connectivity index (χ3n) is 3.84. The fourth-order valence-corrected chi connectivity index (χ4v) is 2.68. The van der Waals surface area contributed by atoms with Gasteiger partial charge in [-0.1, -0.05) is 6.42 Å². The molecule has 1 aromatic rings. The summed E-state index contributed by atoms with van der Waals surface area (Å²) in [5, 5.41) is 12.2. The lowest BCUT2D eigenvalue weighted by Crippen LogP contribution is -2.25. The summed E-state index contributed by atoms with van der Waals surface area (Å²) in [5.41, 5.74) is -0.390. The van der Waals surface area contributed by atoms with Crippen molar-refractivity contribution < 1.29 is 22.6 Å². The molecule has 1 aliphatic carbocycles. The van der Waals surface area contributed by atoms with Gasteiger partial charge in [0.2, 0.25) is 0 Å². The lowest BCUT2D eigenvalue weighted by molar-refractivity contribution is -0.500. The van der Waals surface area contributed by atoms with Crippen LogP contribution in [0.25, 0.3) is 0 Å². The Morgan fingerprint density at radius 1 is 1.27 bits per heavy atom. The van der Waals surface area contributed by atoms with E-state index in [1.807, 2.05) is 0 Å². The van der Waals surface area contributed by atoms with Gasteiger partial charge in [-0.15, -0.1) is 0 Å². The average Bonchev–Trinajstić information content (AvgIpc) is 2.49. The predicted molar refractivity (Wildman–Crippen MR) is 78.3 cm³/mol. The van der Waals surface area contributed by atoms with Crippen molar-refractivity contribution in [3.63, 3.8) is 0 Å². The summed E-state index contributed by atoms with van der Waals surface area (Å²) >= 11 is 0. The van der Waals surface area contributed by atoms with E-state index >= 15 is 0 Å². The van der Waals surface area contributed by atoms with E-state index in [9.17, 15) is 18.4 Å². The highest BCUT2D eigenvalue weighted by Gasteiger charge is 2.31. The summed E-state index contributed by atoms with van der Waals surface area (Å²) in [6, 6.07) is 3.12. The van der Waals surface area contributed by atoms with Crippen molar-refractivity contribution in [2.24, 2.45) is 0 Å². The molecule has 1 aromatic carbocycles. The molecular weight excluding hydrogens is 295 g/mol. The van der Waals surface area contributed by atoms with Crippen LogP contribution in [0.5, 0.6) is 5.75 Å². The molecule has 0 aromatic heterocycles. The first-order chi connectivity index (χ1) is 10.4. The Morgan fingerprint density at radius 3 is 2.55 bits per heavy atom. The highest BCUT2D eigenvalue weighted by Crippen LogP contribution is 2.33. The van der Waals surface area contributed by atoms with Gasteiger partial charge in [0.1, 0.15) is 5.75 Å². The van der Waals surface area contributed by atoms with Gasteiger partial charge in [0, 0.05) is 12.8 Å². The monoisotopic (exact) mass is 315 g/mol. The molecule has 0 bridgehead atoms. The molecule has 6 heteroatoms. The van der Waals surface area contributed by atoms with Crippen molar-refractivity contribution in [3.8, 4) is 5.75 Å². The van der Waals surface area contributed by atoms with Crippen molar-refractivity contribution in [1.82, 2.24) is 0 Å². The van der Waals surface area contributed by atoms with Gasteiger partial charge in [-0.25, -0.2) is 4.74 Å². The SMILES string of the molecule is CCOc1cc(C(F)(F)F)ccc1C=[N+]([O-])C1CCCCC1. The van der Waals surface area contributed by atoms with Crippen LogP contribution in [0.3, 0.4) is 0 Å². The van der Waals surface area contributed by atoms with Crippen LogP contribution >= 0.6 is 0 Å². The summed E-state index contributed by atoms with van der Waals surface area (Å²) < 4.78 is 44.4. The van der Waals surface area contributed by atoms with Gasteiger partial charge in [-0.3, -0.25) is 0 Å². The standard InChI is InChI=1S/C16H20F3NO2/c1-2-22-15-10-13(16(17,18)19)9-8-12(15)11-20(21)14-6-4-3-5-7-14/h8-11,14H,2-7H2,1H3. The molecule has 0 spiro atoms. The molecule has 0 atom stereocenters. The highest BCUT2D eigenvalue weighted by atomic mass is 19.4. The molecule has 1 saturated carbocycles. The van der Waals surface area contributed by atoms with E-state index in [4.69, 9.17) is 4.74 Å². The maximum atomic E-state index is 12.8. The normalized spacial score (nSPS) is 17.5. The van der Waals surface area contributed by atoms with Crippen LogP contribution in [0, 0.1) is 5.21 Å². The smallest absolute Gasteiger partial charge is 0.416 e. The molecule has 0 amide bonds. The molecule has 122 valence electrons. The zero-order valence-corrected chi connectivity index (χ0v) is 12.5. The second kappa shape index (κ2) is 7.03. The van der Waals surface area contributed by atoms with Crippen molar-refractivity contribution in [1.29, 1.82) is 0 Å². The topological polar surface area (TPSA) is 35.3 Å². The Kier molecular flexibility index (Phi) is 5.32. The molecule has 0 heterocycles. The second-order valence-electron chi connectivity index (χ2n) is 5.46. The second-order valence-corrected chi connectivity index (χ2v) is 5.46. The molecule has 0 unspecified atom stereocenters. The van der Waals surface area contributed by atoms with Crippen molar-refractivity contribution in [2.75, 3.05) is 6.61 Å². The summed E-state index contributed by atoms with van der Waals surface area (Å²) in [6.07, 6.45) is 1.74. The molecule has 22 heavy (non-hydrogen) atoms. The van der Waals surface area contributed by atoms with Crippen LogP contribution in [-0.2, 0) is 6.18 Å².